The molecular weight excluding hydrogens is 462 g/mol. The van der Waals surface area contributed by atoms with Gasteiger partial charge < -0.3 is 10.2 Å². The van der Waals surface area contributed by atoms with Gasteiger partial charge in [0.25, 0.3) is 0 Å². The van der Waals surface area contributed by atoms with Crippen molar-refractivity contribution in [2.45, 2.75) is 106 Å². The summed E-state index contributed by atoms with van der Waals surface area (Å²) in [4.78, 5) is 27.7. The van der Waals surface area contributed by atoms with Crippen molar-refractivity contribution in [1.29, 1.82) is 5.26 Å². The number of aliphatic hydroxyl groups excluding tert-OH is 2. The van der Waals surface area contributed by atoms with Crippen LogP contribution in [0.4, 0.5) is 0 Å². The Hall–Kier alpha value is -1.51. The lowest BCUT2D eigenvalue weighted by atomic mass is 9.31. The quantitative estimate of drug-likeness (QED) is 0.502. The van der Waals surface area contributed by atoms with Gasteiger partial charge in [-0.3, -0.25) is 9.59 Å². The van der Waals surface area contributed by atoms with Crippen LogP contribution in [-0.2, 0) is 9.59 Å². The molecule has 0 aromatic rings. The van der Waals surface area contributed by atoms with Gasteiger partial charge in [0, 0.05) is 23.2 Å². The smallest absolute Gasteiger partial charge is 0.178 e. The zero-order valence-electron chi connectivity index (χ0n) is 24.0. The van der Waals surface area contributed by atoms with Crippen LogP contribution in [0.5, 0.6) is 0 Å². The van der Waals surface area contributed by atoms with Gasteiger partial charge in [-0.15, -0.1) is 0 Å². The lowest BCUT2D eigenvalue weighted by Gasteiger charge is -2.72. The summed E-state index contributed by atoms with van der Waals surface area (Å²) >= 11 is 0. The number of allylic oxidation sites excluding steroid dienone is 2. The first kappa shape index (κ1) is 27.1. The molecule has 37 heavy (non-hydrogen) atoms. The van der Waals surface area contributed by atoms with E-state index in [1.54, 1.807) is 0 Å². The third kappa shape index (κ3) is 3.27. The summed E-state index contributed by atoms with van der Waals surface area (Å²) in [5.74, 6) is 0.324. The third-order valence-electron chi connectivity index (χ3n) is 13.4. The van der Waals surface area contributed by atoms with Crippen LogP contribution in [0.25, 0.3) is 0 Å². The van der Waals surface area contributed by atoms with Crippen LogP contribution in [0, 0.1) is 67.5 Å². The third-order valence-corrected chi connectivity index (χ3v) is 13.4. The van der Waals surface area contributed by atoms with Gasteiger partial charge in [-0.1, -0.05) is 54.5 Å². The van der Waals surface area contributed by atoms with Crippen molar-refractivity contribution in [1.82, 2.24) is 0 Å². The summed E-state index contributed by atoms with van der Waals surface area (Å²) in [6, 6.07) is 2.20. The monoisotopic (exact) mass is 509 g/mol. The maximum Gasteiger partial charge on any atom is 0.178 e. The summed E-state index contributed by atoms with van der Waals surface area (Å²) in [7, 11) is 0. The van der Waals surface area contributed by atoms with E-state index in [4.69, 9.17) is 0 Å². The first-order valence-electron chi connectivity index (χ1n) is 14.5. The van der Waals surface area contributed by atoms with Crippen molar-refractivity contribution in [2.75, 3.05) is 6.61 Å². The summed E-state index contributed by atoms with van der Waals surface area (Å²) in [5.41, 5.74) is -1.42. The number of rotatable bonds is 2. The van der Waals surface area contributed by atoms with Crippen molar-refractivity contribution in [3.63, 3.8) is 0 Å². The van der Waals surface area contributed by atoms with Crippen LogP contribution >= 0.6 is 0 Å². The second-order valence-corrected chi connectivity index (χ2v) is 15.6. The maximum absolute atomic E-state index is 14.4. The standard InChI is InChI=1S/C32H47NO4/c1-27(2)10-12-32(24(36)18-34)13-11-31(7)25(20(32)16-27)21(35)14-23-29(5)15-19(17-33)26(37)28(3,4)22(29)8-9-30(23,31)6/h15,20,22-25,34,36H,8-14,16,18H2,1-7H3. The van der Waals surface area contributed by atoms with Gasteiger partial charge in [0.2, 0.25) is 0 Å². The fraction of sp³-hybridized carbons (Fsp3) is 0.844. The predicted octanol–water partition coefficient (Wildman–Crippen LogP) is 5.64. The molecule has 5 heteroatoms. The van der Waals surface area contributed by atoms with Crippen molar-refractivity contribution in [3.8, 4) is 6.07 Å². The molecule has 0 amide bonds. The van der Waals surface area contributed by atoms with Crippen molar-refractivity contribution in [2.24, 2.45) is 56.2 Å². The number of carbonyl (C=O) groups is 2. The van der Waals surface area contributed by atoms with Crippen LogP contribution in [0.2, 0.25) is 0 Å². The average molecular weight is 510 g/mol. The Labute approximate surface area is 223 Å². The second kappa shape index (κ2) is 8.01. The van der Waals surface area contributed by atoms with Gasteiger partial charge in [0.1, 0.15) is 11.9 Å². The van der Waals surface area contributed by atoms with Crippen LogP contribution < -0.4 is 0 Å². The van der Waals surface area contributed by atoms with E-state index in [0.717, 1.165) is 44.9 Å². The zero-order chi connectivity index (χ0) is 27.4. The number of fused-ring (bicyclic) bond motifs is 7. The maximum atomic E-state index is 14.4. The van der Waals surface area contributed by atoms with Gasteiger partial charge in [-0.05, 0) is 84.4 Å². The van der Waals surface area contributed by atoms with Crippen molar-refractivity contribution < 1.29 is 19.8 Å². The molecule has 0 saturated heterocycles. The van der Waals surface area contributed by atoms with E-state index < -0.39 is 22.3 Å². The number of nitrogens with zero attached hydrogens (tertiary/aromatic N) is 1. The number of ketones is 2. The van der Waals surface area contributed by atoms with Gasteiger partial charge in [0.15, 0.2) is 5.78 Å². The Morgan fingerprint density at radius 2 is 1.62 bits per heavy atom. The lowest BCUT2D eigenvalue weighted by Crippen LogP contribution is -2.69. The van der Waals surface area contributed by atoms with Crippen LogP contribution in [0.15, 0.2) is 11.6 Å². The van der Waals surface area contributed by atoms with E-state index in [2.05, 4.69) is 40.7 Å². The van der Waals surface area contributed by atoms with E-state index in [-0.39, 0.29) is 57.9 Å². The summed E-state index contributed by atoms with van der Waals surface area (Å²) in [6.45, 7) is 15.3. The van der Waals surface area contributed by atoms with E-state index in [1.165, 1.54) is 0 Å². The molecule has 0 radical (unpaired) electrons. The fourth-order valence-corrected chi connectivity index (χ4v) is 11.1. The second-order valence-electron chi connectivity index (χ2n) is 15.6. The van der Waals surface area contributed by atoms with Crippen molar-refractivity contribution >= 4 is 11.6 Å². The Morgan fingerprint density at radius 1 is 0.973 bits per heavy atom. The van der Waals surface area contributed by atoms with E-state index in [0.29, 0.717) is 12.2 Å². The zero-order valence-corrected chi connectivity index (χ0v) is 24.0. The molecule has 204 valence electrons. The van der Waals surface area contributed by atoms with Gasteiger partial charge >= 0.3 is 0 Å². The molecular formula is C32H47NO4. The fourth-order valence-electron chi connectivity index (χ4n) is 11.1. The molecule has 9 unspecified atom stereocenters. The SMILES string of the molecule is CC1(C)CCC2(C(O)CO)CCC3(C)C(C(=O)CC4C5(C)C=C(C#N)C(=O)C(C)(C)C5CCC43C)C2C1. The molecule has 0 aromatic carbocycles. The highest BCUT2D eigenvalue weighted by Crippen LogP contribution is 2.76. The molecule has 4 fully saturated rings. The molecule has 2 N–H and O–H groups in total. The predicted molar refractivity (Wildman–Crippen MR) is 142 cm³/mol. The van der Waals surface area contributed by atoms with Crippen LogP contribution in [-0.4, -0.2) is 34.5 Å². The molecule has 5 aliphatic rings. The topological polar surface area (TPSA) is 98.4 Å². The molecule has 9 atom stereocenters. The number of nitriles is 1. The lowest BCUT2D eigenvalue weighted by molar-refractivity contribution is -0.236. The first-order chi connectivity index (χ1) is 17.0. The van der Waals surface area contributed by atoms with Crippen molar-refractivity contribution in [3.05, 3.63) is 11.6 Å². The minimum Gasteiger partial charge on any atom is -0.394 e. The Morgan fingerprint density at radius 3 is 2.24 bits per heavy atom. The molecule has 0 spiro atoms. The summed E-state index contributed by atoms with van der Waals surface area (Å²) in [5, 5.41) is 31.2. The Balaban J connectivity index is 1.64. The highest BCUT2D eigenvalue weighted by molar-refractivity contribution is 6.04. The van der Waals surface area contributed by atoms with Gasteiger partial charge in [-0.25, -0.2) is 0 Å². The minimum atomic E-state index is -0.795. The average Bonchev–Trinajstić information content (AvgIpc) is 2.82. The van der Waals surface area contributed by atoms with Gasteiger partial charge in [0.05, 0.1) is 18.3 Å². The Bertz CT molecular complexity index is 1100. The molecule has 0 aliphatic heterocycles. The van der Waals surface area contributed by atoms with Gasteiger partial charge in [-0.2, -0.15) is 5.26 Å². The van der Waals surface area contributed by atoms with Crippen LogP contribution in [0.1, 0.15) is 99.8 Å². The molecule has 5 rings (SSSR count). The van der Waals surface area contributed by atoms with Crippen LogP contribution in [0.3, 0.4) is 0 Å². The number of hydrogen-bond donors (Lipinski definition) is 2. The largest absolute Gasteiger partial charge is 0.394 e. The number of carbonyl (C=O) groups excluding carboxylic acids is 2. The van der Waals surface area contributed by atoms with E-state index in [9.17, 15) is 25.1 Å². The van der Waals surface area contributed by atoms with E-state index in [1.807, 2.05) is 19.9 Å². The number of aliphatic hydroxyl groups is 2. The summed E-state index contributed by atoms with van der Waals surface area (Å²) < 4.78 is 0. The minimum absolute atomic E-state index is 0.0579. The normalized spacial score (nSPS) is 48.9. The molecule has 5 aliphatic carbocycles. The Kier molecular flexibility index (Phi) is 5.86. The number of Topliss-reactive ketones (excluding diaryl/α,β-unsaturated/α-hetero) is 2. The molecule has 0 bridgehead atoms. The highest BCUT2D eigenvalue weighted by atomic mass is 16.3. The number of hydrogen-bond acceptors (Lipinski definition) is 5. The first-order valence-corrected chi connectivity index (χ1v) is 14.5. The molecule has 5 nitrogen and oxygen atoms in total. The molecule has 4 saturated carbocycles. The molecule has 0 aromatic heterocycles. The highest BCUT2D eigenvalue weighted by Gasteiger charge is 2.72. The molecule has 0 heterocycles. The van der Waals surface area contributed by atoms with E-state index >= 15 is 0 Å². The summed E-state index contributed by atoms with van der Waals surface area (Å²) in [6.07, 6.45) is 7.96.